The van der Waals surface area contributed by atoms with Gasteiger partial charge < -0.3 is 25.1 Å². The van der Waals surface area contributed by atoms with E-state index in [2.05, 4.69) is 9.97 Å². The van der Waals surface area contributed by atoms with Gasteiger partial charge in [0.15, 0.2) is 11.7 Å². The van der Waals surface area contributed by atoms with E-state index in [-0.39, 0.29) is 11.4 Å². The molecule has 3 N–H and O–H groups in total. The van der Waals surface area contributed by atoms with Crippen LogP contribution in [0.2, 0.25) is 0 Å². The molecule has 0 aliphatic rings. The fourth-order valence-corrected chi connectivity index (χ4v) is 3.23. The van der Waals surface area contributed by atoms with E-state index in [1.807, 2.05) is 5.32 Å². The molecule has 0 saturated heterocycles. The fraction of sp³-hybridized carbons (Fsp3) is 0.160. The normalized spacial score (nSPS) is 12.2. The molecule has 4 rings (SSSR count). The third-order valence-electron chi connectivity index (χ3n) is 5.04. The molecule has 0 spiro atoms. The van der Waals surface area contributed by atoms with E-state index in [4.69, 9.17) is 19.8 Å². The molecule has 0 saturated carbocycles. The number of hydrogen-bond acceptors (Lipinski definition) is 5. The number of carboxylic acids is 2. The number of nitrogens with one attached hydrogen (secondary N) is 3. The smallest absolute Gasteiger partial charge is 0.430 e. The number of benzene rings is 1. The molecule has 4 aromatic rings. The van der Waals surface area contributed by atoms with Crippen molar-refractivity contribution >= 4 is 23.4 Å². The zero-order valence-corrected chi connectivity index (χ0v) is 21.3. The number of aliphatic carboxylic acids is 2. The Balaban J connectivity index is 0.000000402. The Morgan fingerprint density at radius 2 is 1.39 bits per heavy atom. The van der Waals surface area contributed by atoms with Gasteiger partial charge in [0, 0.05) is 12.1 Å². The second kappa shape index (κ2) is 13.8. The Labute approximate surface area is 238 Å². The Morgan fingerprint density at radius 1 is 0.818 bits per heavy atom. The van der Waals surface area contributed by atoms with Crippen LogP contribution in [0.25, 0.3) is 16.9 Å². The summed E-state index contributed by atoms with van der Waals surface area (Å²) in [5.41, 5.74) is 0.526. The first kappa shape index (κ1) is 35.0. The quantitative estimate of drug-likeness (QED) is 0.259. The lowest BCUT2D eigenvalue weighted by Gasteiger charge is -2.17. The summed E-state index contributed by atoms with van der Waals surface area (Å²) in [5.74, 6) is -7.07. The highest BCUT2D eigenvalue weighted by Crippen LogP contribution is 2.31. The van der Waals surface area contributed by atoms with Crippen molar-refractivity contribution < 1.29 is 77.9 Å². The maximum absolute atomic E-state index is 13.7. The topological polar surface area (TPSA) is 143 Å². The number of carboxylic acid groups (broad SMARTS) is 2. The Bertz CT molecular complexity index is 1580. The number of nitrogens with zero attached hydrogens (tertiary/aromatic N) is 1. The molecule has 9 nitrogen and oxygen atoms in total. The second-order valence-corrected chi connectivity index (χ2v) is 8.15. The number of aromatic amines is 2. The highest BCUT2D eigenvalue weighted by molar-refractivity contribution is 5.98. The molecule has 3 heterocycles. The predicted octanol–water partition coefficient (Wildman–Crippen LogP) is 2.00. The van der Waals surface area contributed by atoms with Crippen molar-refractivity contribution in [3.05, 3.63) is 90.3 Å². The van der Waals surface area contributed by atoms with Gasteiger partial charge in [-0.2, -0.15) is 43.9 Å². The maximum Gasteiger partial charge on any atom is 0.430 e. The molecule has 0 fully saturated rings. The van der Waals surface area contributed by atoms with Crippen LogP contribution in [0.3, 0.4) is 0 Å². The first-order valence-corrected chi connectivity index (χ1v) is 11.4. The standard InChI is InChI=1S/C21H14F4N4O.2C2HF3O2/c22-14-7-5-6-13(12-14)19-27-17(16-9-2-4-11-29(16)19)20(30)28-18(21(23,24)25)15-8-1-3-10-26-15;2*3-2(4,5)1(6)7/h1-12,18H,(H,28,30);2*(H,6,7). The lowest BCUT2D eigenvalue weighted by atomic mass is 10.1. The van der Waals surface area contributed by atoms with E-state index < -0.39 is 48.2 Å². The van der Waals surface area contributed by atoms with Gasteiger partial charge in [0.1, 0.15) is 17.8 Å². The molecule has 236 valence electrons. The Hall–Kier alpha value is -5.23. The van der Waals surface area contributed by atoms with E-state index in [0.717, 1.165) is 0 Å². The number of H-pyrrole nitrogens is 2. The average Bonchev–Trinajstić information content (AvgIpc) is 3.31. The average molecular weight is 642 g/mol. The molecule has 1 aromatic carbocycles. The van der Waals surface area contributed by atoms with E-state index in [9.17, 15) is 48.7 Å². The molecule has 1 atom stereocenters. The van der Waals surface area contributed by atoms with Gasteiger partial charge in [0.25, 0.3) is 11.7 Å². The van der Waals surface area contributed by atoms with Gasteiger partial charge in [-0.05, 0) is 30.3 Å². The third kappa shape index (κ3) is 9.66. The summed E-state index contributed by atoms with van der Waals surface area (Å²) < 4.78 is 119. The molecule has 0 aliphatic carbocycles. The molecule has 0 bridgehead atoms. The molecular formula is C25H16F10N4O5. The van der Waals surface area contributed by atoms with Gasteiger partial charge in [-0.25, -0.2) is 14.4 Å². The SMILES string of the molecule is O=C(NC(c1cccc[nH+]1)C(F)(F)F)c1[nH]c(-c2cccc(F)c2)[n+]2ccccc12.O=C([O-])C(F)(F)F.O=C([O-])C(F)(F)F. The first-order valence-electron chi connectivity index (χ1n) is 11.4. The number of hydrogen-bond donors (Lipinski definition) is 2. The van der Waals surface area contributed by atoms with Gasteiger partial charge in [-0.1, -0.05) is 18.2 Å². The van der Waals surface area contributed by atoms with Crippen molar-refractivity contribution in [3.63, 3.8) is 0 Å². The van der Waals surface area contributed by atoms with E-state index in [0.29, 0.717) is 16.9 Å². The molecular weight excluding hydrogens is 626 g/mol. The van der Waals surface area contributed by atoms with Gasteiger partial charge in [0.2, 0.25) is 17.4 Å². The van der Waals surface area contributed by atoms with E-state index >= 15 is 0 Å². The lowest BCUT2D eigenvalue weighted by Crippen LogP contribution is -2.41. The monoisotopic (exact) mass is 642 g/mol. The summed E-state index contributed by atoms with van der Waals surface area (Å²) in [7, 11) is 0. The van der Waals surface area contributed by atoms with E-state index in [1.54, 1.807) is 40.9 Å². The number of alkyl halides is 9. The summed E-state index contributed by atoms with van der Waals surface area (Å²) >= 11 is 0. The van der Waals surface area contributed by atoms with Crippen LogP contribution in [0.15, 0.2) is 73.1 Å². The number of carbonyl (C=O) groups is 3. The highest BCUT2D eigenvalue weighted by atomic mass is 19.4. The Morgan fingerprint density at radius 3 is 1.86 bits per heavy atom. The third-order valence-corrected chi connectivity index (χ3v) is 5.04. The number of amides is 1. The van der Waals surface area contributed by atoms with Crippen molar-refractivity contribution in [3.8, 4) is 11.4 Å². The summed E-state index contributed by atoms with van der Waals surface area (Å²) in [6, 6.07) is 12.6. The van der Waals surface area contributed by atoms with Gasteiger partial charge in [-0.3, -0.25) is 4.79 Å². The Kier molecular flexibility index (Phi) is 11.0. The molecule has 1 unspecified atom stereocenters. The number of rotatable bonds is 4. The van der Waals surface area contributed by atoms with Crippen LogP contribution in [0, 0.1) is 5.82 Å². The zero-order valence-electron chi connectivity index (χ0n) is 21.3. The summed E-state index contributed by atoms with van der Waals surface area (Å²) in [4.78, 5) is 35.8. The van der Waals surface area contributed by atoms with Crippen LogP contribution in [0.1, 0.15) is 22.2 Å². The minimum atomic E-state index is -5.19. The van der Waals surface area contributed by atoms with Crippen LogP contribution in [0.4, 0.5) is 43.9 Å². The van der Waals surface area contributed by atoms with Crippen LogP contribution < -0.4 is 24.9 Å². The molecule has 0 aliphatic heterocycles. The number of carbonyl (C=O) groups excluding carboxylic acids is 3. The van der Waals surface area contributed by atoms with Crippen LogP contribution in [-0.4, -0.2) is 41.4 Å². The fourth-order valence-electron chi connectivity index (χ4n) is 3.23. The molecule has 3 aromatic heterocycles. The van der Waals surface area contributed by atoms with E-state index in [1.165, 1.54) is 36.5 Å². The van der Waals surface area contributed by atoms with Crippen molar-refractivity contribution in [2.75, 3.05) is 0 Å². The largest absolute Gasteiger partial charge is 0.542 e. The van der Waals surface area contributed by atoms with Crippen LogP contribution in [0.5, 0.6) is 0 Å². The second-order valence-electron chi connectivity index (χ2n) is 8.15. The van der Waals surface area contributed by atoms with Crippen molar-refractivity contribution in [2.45, 2.75) is 24.6 Å². The summed E-state index contributed by atoms with van der Waals surface area (Å²) in [6.45, 7) is 0. The summed E-state index contributed by atoms with van der Waals surface area (Å²) in [5, 5.41) is 19.6. The van der Waals surface area contributed by atoms with Gasteiger partial charge in [-0.15, -0.1) is 0 Å². The number of aromatic nitrogens is 3. The predicted molar refractivity (Wildman–Crippen MR) is 121 cm³/mol. The van der Waals surface area contributed by atoms with Crippen LogP contribution in [-0.2, 0) is 9.59 Å². The number of halogens is 10. The highest BCUT2D eigenvalue weighted by Gasteiger charge is 2.46. The lowest BCUT2D eigenvalue weighted by molar-refractivity contribution is -0.498. The number of pyridine rings is 2. The van der Waals surface area contributed by atoms with Crippen molar-refractivity contribution in [2.24, 2.45) is 0 Å². The number of imidazole rings is 1. The summed E-state index contributed by atoms with van der Waals surface area (Å²) in [6.07, 6.45) is -12.1. The minimum absolute atomic E-state index is 0.0694. The molecule has 44 heavy (non-hydrogen) atoms. The zero-order chi connectivity index (χ0) is 33.5. The minimum Gasteiger partial charge on any atom is -0.542 e. The molecule has 0 radical (unpaired) electrons. The van der Waals surface area contributed by atoms with Gasteiger partial charge >= 0.3 is 18.5 Å². The van der Waals surface area contributed by atoms with Crippen LogP contribution >= 0.6 is 0 Å². The number of fused-ring (bicyclic) bond motifs is 1. The molecule has 19 heteroatoms. The molecule has 1 amide bonds. The van der Waals surface area contributed by atoms with Crippen molar-refractivity contribution in [1.82, 2.24) is 10.3 Å². The van der Waals surface area contributed by atoms with Gasteiger partial charge in [0.05, 0.1) is 11.8 Å². The maximum atomic E-state index is 13.7. The van der Waals surface area contributed by atoms with Crippen molar-refractivity contribution in [1.29, 1.82) is 0 Å². The first-order chi connectivity index (χ1) is 20.2.